The van der Waals surface area contributed by atoms with Crippen molar-refractivity contribution in [1.82, 2.24) is 9.88 Å². The van der Waals surface area contributed by atoms with Crippen LogP contribution in [0.4, 0.5) is 5.69 Å². The van der Waals surface area contributed by atoms with Crippen LogP contribution in [0.3, 0.4) is 0 Å². The van der Waals surface area contributed by atoms with Crippen molar-refractivity contribution in [3.05, 3.63) is 24.0 Å². The maximum Gasteiger partial charge on any atom is 0.0931 e. The molecule has 0 bridgehead atoms. The van der Waals surface area contributed by atoms with E-state index >= 15 is 0 Å². The van der Waals surface area contributed by atoms with E-state index in [-0.39, 0.29) is 0 Å². The van der Waals surface area contributed by atoms with Crippen molar-refractivity contribution in [2.24, 2.45) is 5.92 Å². The van der Waals surface area contributed by atoms with Crippen molar-refractivity contribution < 1.29 is 5.11 Å². The third-order valence-corrected chi connectivity index (χ3v) is 4.01. The van der Waals surface area contributed by atoms with Crippen LogP contribution in [0.15, 0.2) is 18.3 Å². The van der Waals surface area contributed by atoms with Gasteiger partial charge in [-0.2, -0.15) is 0 Å². The van der Waals surface area contributed by atoms with Crippen LogP contribution >= 0.6 is 0 Å². The lowest BCUT2D eigenvalue weighted by Gasteiger charge is -2.32. The smallest absolute Gasteiger partial charge is 0.0931 e. The zero-order valence-corrected chi connectivity index (χ0v) is 12.2. The van der Waals surface area contributed by atoms with Gasteiger partial charge in [0.05, 0.1) is 23.7 Å². The summed E-state index contributed by atoms with van der Waals surface area (Å²) in [4.78, 5) is 8.98. The standard InChI is InChI=1S/C15H25N3O/c1-12(19)15-5-4-14(10-16-15)18(3)11-13-6-8-17(2)9-7-13/h4-5,10,12-13,19H,6-9,11H2,1-3H3/t12-/m1/s1. The van der Waals surface area contributed by atoms with Gasteiger partial charge in [0.2, 0.25) is 0 Å². The minimum absolute atomic E-state index is 0.492. The second kappa shape index (κ2) is 6.35. The summed E-state index contributed by atoms with van der Waals surface area (Å²) in [5.74, 6) is 0.776. The largest absolute Gasteiger partial charge is 0.387 e. The number of nitrogens with zero attached hydrogens (tertiary/aromatic N) is 3. The minimum Gasteiger partial charge on any atom is -0.387 e. The molecule has 0 spiro atoms. The van der Waals surface area contributed by atoms with E-state index in [2.05, 4.69) is 28.9 Å². The van der Waals surface area contributed by atoms with Crippen molar-refractivity contribution >= 4 is 5.69 Å². The van der Waals surface area contributed by atoms with E-state index in [0.29, 0.717) is 0 Å². The Labute approximate surface area is 116 Å². The van der Waals surface area contributed by atoms with Crippen LogP contribution in [0.25, 0.3) is 0 Å². The van der Waals surface area contributed by atoms with Crippen LogP contribution < -0.4 is 4.90 Å². The predicted octanol–water partition coefficient (Wildman–Crippen LogP) is 1.91. The Morgan fingerprint density at radius 3 is 2.63 bits per heavy atom. The summed E-state index contributed by atoms with van der Waals surface area (Å²) in [6.07, 6.45) is 3.92. The first-order chi connectivity index (χ1) is 9.06. The molecule has 0 aliphatic carbocycles. The van der Waals surface area contributed by atoms with E-state index in [4.69, 9.17) is 0 Å². The van der Waals surface area contributed by atoms with Gasteiger partial charge >= 0.3 is 0 Å². The van der Waals surface area contributed by atoms with Gasteiger partial charge < -0.3 is 14.9 Å². The number of piperidine rings is 1. The van der Waals surface area contributed by atoms with E-state index < -0.39 is 6.10 Å². The summed E-state index contributed by atoms with van der Waals surface area (Å²) in [5, 5.41) is 9.46. The molecule has 1 N–H and O–H groups in total. The SMILES string of the molecule is C[C@@H](O)c1ccc(N(C)CC2CCN(C)CC2)cn1. The van der Waals surface area contributed by atoms with Crippen LogP contribution in [0, 0.1) is 5.92 Å². The Bertz CT molecular complexity index is 383. The molecule has 2 heterocycles. The third kappa shape index (κ3) is 3.91. The van der Waals surface area contributed by atoms with Gasteiger partial charge in [-0.1, -0.05) is 0 Å². The van der Waals surface area contributed by atoms with Crippen LogP contribution in [0.5, 0.6) is 0 Å². The summed E-state index contributed by atoms with van der Waals surface area (Å²) in [6, 6.07) is 3.95. The maximum atomic E-state index is 9.46. The number of aliphatic hydroxyl groups is 1. The molecule has 0 unspecified atom stereocenters. The number of pyridine rings is 1. The highest BCUT2D eigenvalue weighted by atomic mass is 16.3. The van der Waals surface area contributed by atoms with Crippen LogP contribution in [-0.2, 0) is 0 Å². The first kappa shape index (κ1) is 14.3. The van der Waals surface area contributed by atoms with Gasteiger partial charge in [0.1, 0.15) is 0 Å². The monoisotopic (exact) mass is 263 g/mol. The van der Waals surface area contributed by atoms with Gasteiger partial charge in [-0.25, -0.2) is 0 Å². The minimum atomic E-state index is -0.492. The molecule has 0 radical (unpaired) electrons. The van der Waals surface area contributed by atoms with Crippen LogP contribution in [0.2, 0.25) is 0 Å². The van der Waals surface area contributed by atoms with Gasteiger partial charge in [-0.15, -0.1) is 0 Å². The molecule has 0 aromatic carbocycles. The van der Waals surface area contributed by atoms with Gasteiger partial charge in [0.15, 0.2) is 0 Å². The number of hydrogen-bond donors (Lipinski definition) is 1. The predicted molar refractivity (Wildman–Crippen MR) is 78.4 cm³/mol. The summed E-state index contributed by atoms with van der Waals surface area (Å²) < 4.78 is 0. The highest BCUT2D eigenvalue weighted by Crippen LogP contribution is 2.21. The van der Waals surface area contributed by atoms with Crippen molar-refractivity contribution in [2.45, 2.75) is 25.9 Å². The molecule has 0 saturated carbocycles. The Morgan fingerprint density at radius 2 is 2.11 bits per heavy atom. The number of aliphatic hydroxyl groups excluding tert-OH is 1. The summed E-state index contributed by atoms with van der Waals surface area (Å²) in [7, 11) is 4.32. The Hall–Kier alpha value is -1.13. The summed E-state index contributed by atoms with van der Waals surface area (Å²) in [5.41, 5.74) is 1.86. The number of likely N-dealkylation sites (tertiary alicyclic amines) is 1. The van der Waals surface area contributed by atoms with Crippen LogP contribution in [0.1, 0.15) is 31.6 Å². The molecule has 2 rings (SSSR count). The van der Waals surface area contributed by atoms with Gasteiger partial charge in [0.25, 0.3) is 0 Å². The highest BCUT2D eigenvalue weighted by molar-refractivity contribution is 5.43. The molecule has 0 amide bonds. The Balaban J connectivity index is 1.90. The first-order valence-electron chi connectivity index (χ1n) is 7.10. The molecule has 1 saturated heterocycles. The third-order valence-electron chi connectivity index (χ3n) is 4.01. The fourth-order valence-corrected chi connectivity index (χ4v) is 2.61. The average molecular weight is 263 g/mol. The molecule has 1 aliphatic rings. The fraction of sp³-hybridized carbons (Fsp3) is 0.667. The van der Waals surface area contributed by atoms with Crippen molar-refractivity contribution in [1.29, 1.82) is 0 Å². The lowest BCUT2D eigenvalue weighted by Crippen LogP contribution is -2.35. The molecule has 1 atom stereocenters. The van der Waals surface area contributed by atoms with E-state index in [9.17, 15) is 5.11 Å². The molecule has 4 heteroatoms. The fourth-order valence-electron chi connectivity index (χ4n) is 2.61. The van der Waals surface area contributed by atoms with E-state index in [1.54, 1.807) is 6.92 Å². The molecular formula is C15H25N3O. The van der Waals surface area contributed by atoms with Crippen molar-refractivity contribution in [2.75, 3.05) is 38.6 Å². The number of aromatic nitrogens is 1. The lowest BCUT2D eigenvalue weighted by atomic mass is 9.96. The summed E-state index contributed by atoms with van der Waals surface area (Å²) in [6.45, 7) is 5.24. The number of hydrogen-bond acceptors (Lipinski definition) is 4. The van der Waals surface area contributed by atoms with E-state index in [1.807, 2.05) is 18.3 Å². The first-order valence-corrected chi connectivity index (χ1v) is 7.10. The topological polar surface area (TPSA) is 39.6 Å². The van der Waals surface area contributed by atoms with Crippen LogP contribution in [-0.4, -0.2) is 48.7 Å². The summed E-state index contributed by atoms with van der Waals surface area (Å²) >= 11 is 0. The zero-order valence-electron chi connectivity index (χ0n) is 12.2. The molecule has 19 heavy (non-hydrogen) atoms. The van der Waals surface area contributed by atoms with Crippen molar-refractivity contribution in [3.8, 4) is 0 Å². The zero-order chi connectivity index (χ0) is 13.8. The van der Waals surface area contributed by atoms with Crippen molar-refractivity contribution in [3.63, 3.8) is 0 Å². The second-order valence-corrected chi connectivity index (χ2v) is 5.74. The molecule has 4 nitrogen and oxygen atoms in total. The van der Waals surface area contributed by atoms with Gasteiger partial charge in [0, 0.05) is 13.6 Å². The average Bonchev–Trinajstić information content (AvgIpc) is 2.41. The van der Waals surface area contributed by atoms with Gasteiger partial charge in [-0.05, 0) is 58.0 Å². The number of anilines is 1. The lowest BCUT2D eigenvalue weighted by molar-refractivity contribution is 0.194. The second-order valence-electron chi connectivity index (χ2n) is 5.74. The molecule has 1 aliphatic heterocycles. The number of rotatable bonds is 4. The molecule has 1 aromatic rings. The van der Waals surface area contributed by atoms with E-state index in [0.717, 1.165) is 23.8 Å². The Kier molecular flexibility index (Phi) is 4.77. The Morgan fingerprint density at radius 1 is 1.42 bits per heavy atom. The molecular weight excluding hydrogens is 238 g/mol. The normalized spacial score (nSPS) is 19.4. The van der Waals surface area contributed by atoms with E-state index in [1.165, 1.54) is 25.9 Å². The maximum absolute atomic E-state index is 9.46. The molecule has 106 valence electrons. The molecule has 1 aromatic heterocycles. The van der Waals surface area contributed by atoms with Gasteiger partial charge in [-0.3, -0.25) is 4.98 Å². The quantitative estimate of drug-likeness (QED) is 0.901. The molecule has 1 fully saturated rings. The highest BCUT2D eigenvalue weighted by Gasteiger charge is 2.18.